The quantitative estimate of drug-likeness (QED) is 0.525. The summed E-state index contributed by atoms with van der Waals surface area (Å²) in [4.78, 5) is 38.5. The lowest BCUT2D eigenvalue weighted by atomic mass is 9.80. The van der Waals surface area contributed by atoms with Crippen LogP contribution >= 0.6 is 11.3 Å². The predicted molar refractivity (Wildman–Crippen MR) is 131 cm³/mol. The number of thiazole rings is 1. The average molecular weight is 482 g/mol. The van der Waals surface area contributed by atoms with Gasteiger partial charge in [-0.1, -0.05) is 18.2 Å². The topological polar surface area (TPSA) is 107 Å². The van der Waals surface area contributed by atoms with Crippen molar-refractivity contribution in [3.63, 3.8) is 0 Å². The number of allylic oxidation sites excluding steroid dienone is 2. The molecule has 2 aromatic rings. The van der Waals surface area contributed by atoms with Gasteiger partial charge >= 0.3 is 0 Å². The molecule has 5 rings (SSSR count). The van der Waals surface area contributed by atoms with Crippen LogP contribution in [0.1, 0.15) is 35.8 Å². The van der Waals surface area contributed by atoms with E-state index >= 15 is 0 Å². The van der Waals surface area contributed by atoms with Crippen molar-refractivity contribution in [2.75, 3.05) is 31.6 Å². The lowest BCUT2D eigenvalue weighted by Crippen LogP contribution is -2.48. The summed E-state index contributed by atoms with van der Waals surface area (Å²) >= 11 is 1.60. The highest BCUT2D eigenvalue weighted by Gasteiger charge is 2.52. The van der Waals surface area contributed by atoms with E-state index in [-0.39, 0.29) is 48.6 Å². The van der Waals surface area contributed by atoms with Gasteiger partial charge in [-0.05, 0) is 50.2 Å². The number of aliphatic hydroxyl groups excluding tert-OH is 1. The van der Waals surface area contributed by atoms with Crippen LogP contribution in [-0.2, 0) is 9.59 Å². The molecule has 9 heteroatoms. The van der Waals surface area contributed by atoms with Crippen molar-refractivity contribution in [3.8, 4) is 0 Å². The van der Waals surface area contributed by atoms with Crippen molar-refractivity contribution in [3.05, 3.63) is 47.1 Å². The van der Waals surface area contributed by atoms with Gasteiger partial charge in [-0.2, -0.15) is 0 Å². The molecule has 0 spiro atoms. The molecule has 2 bridgehead atoms. The maximum atomic E-state index is 13.5. The van der Waals surface area contributed by atoms with E-state index in [1.165, 1.54) is 0 Å². The van der Waals surface area contributed by atoms with Crippen LogP contribution in [0.5, 0.6) is 0 Å². The first kappa shape index (κ1) is 23.0. The van der Waals surface area contributed by atoms with E-state index in [1.54, 1.807) is 11.3 Å². The van der Waals surface area contributed by atoms with Gasteiger partial charge < -0.3 is 20.6 Å². The van der Waals surface area contributed by atoms with Crippen LogP contribution in [0, 0.1) is 30.6 Å². The Balaban J connectivity index is 1.21. The van der Waals surface area contributed by atoms with Crippen LogP contribution in [0.3, 0.4) is 0 Å². The van der Waals surface area contributed by atoms with E-state index in [2.05, 4.69) is 33.8 Å². The van der Waals surface area contributed by atoms with Crippen molar-refractivity contribution in [1.82, 2.24) is 20.2 Å². The second kappa shape index (κ2) is 9.84. The molecule has 3 aliphatic rings. The molecule has 0 radical (unpaired) electrons. The standard InChI is InChI=1S/C25H31N5O3S/c1-15-14-27-25(34-15)29-20-4-2-3-19(28-20)16-7-10-30(11-8-16)24(33)22-18-6-5-17(13-18)21(22)23(32)26-9-12-31/h2-6,14,16-18,21-22,31H,7-13H2,1H3,(H,26,32)(H,27,28,29)/t17-,18-,21+,22-/m0/s1. The smallest absolute Gasteiger partial charge is 0.227 e. The van der Waals surface area contributed by atoms with Crippen molar-refractivity contribution < 1.29 is 14.7 Å². The van der Waals surface area contributed by atoms with Crippen molar-refractivity contribution in [2.45, 2.75) is 32.1 Å². The molecule has 8 nitrogen and oxygen atoms in total. The minimum absolute atomic E-state index is 0.0945. The number of aryl methyl sites for hydroxylation is 1. The lowest BCUT2D eigenvalue weighted by Gasteiger charge is -2.36. The number of carbonyl (C=O) groups is 2. The highest BCUT2D eigenvalue weighted by molar-refractivity contribution is 7.15. The van der Waals surface area contributed by atoms with Crippen LogP contribution in [0.4, 0.5) is 10.9 Å². The number of hydrogen-bond donors (Lipinski definition) is 3. The van der Waals surface area contributed by atoms with Crippen molar-refractivity contribution >= 4 is 34.1 Å². The molecular formula is C25H31N5O3S. The highest BCUT2D eigenvalue weighted by atomic mass is 32.1. The highest BCUT2D eigenvalue weighted by Crippen LogP contribution is 2.49. The number of piperidine rings is 1. The van der Waals surface area contributed by atoms with E-state index in [1.807, 2.05) is 30.2 Å². The third-order valence-electron chi connectivity index (χ3n) is 7.31. The van der Waals surface area contributed by atoms with E-state index in [9.17, 15) is 9.59 Å². The molecule has 180 valence electrons. The largest absolute Gasteiger partial charge is 0.395 e. The third-order valence-corrected chi connectivity index (χ3v) is 8.14. The second-order valence-corrected chi connectivity index (χ2v) is 10.7. The van der Waals surface area contributed by atoms with Crippen LogP contribution < -0.4 is 10.6 Å². The monoisotopic (exact) mass is 481 g/mol. The van der Waals surface area contributed by atoms with Crippen LogP contribution in [0.25, 0.3) is 0 Å². The van der Waals surface area contributed by atoms with Gasteiger partial charge in [-0.25, -0.2) is 9.97 Å². The maximum absolute atomic E-state index is 13.5. The van der Waals surface area contributed by atoms with Crippen LogP contribution in [-0.4, -0.2) is 58.0 Å². The first-order chi connectivity index (χ1) is 16.5. The SMILES string of the molecule is Cc1cnc(Nc2cccc(C3CCN(C(=O)[C@@H]4[C@H](C(=O)NCCO)[C@H]5C=C[C@H]4C5)CC3)n2)s1. The number of nitrogens with one attached hydrogen (secondary N) is 2. The zero-order chi connectivity index (χ0) is 23.7. The van der Waals surface area contributed by atoms with E-state index in [0.717, 1.165) is 40.8 Å². The normalized spacial score (nSPS) is 26.1. The van der Waals surface area contributed by atoms with Crippen LogP contribution in [0.2, 0.25) is 0 Å². The summed E-state index contributed by atoms with van der Waals surface area (Å²) in [5.41, 5.74) is 1.04. The Morgan fingerprint density at radius 3 is 2.65 bits per heavy atom. The van der Waals surface area contributed by atoms with Gasteiger partial charge in [0.25, 0.3) is 0 Å². The van der Waals surface area contributed by atoms with Gasteiger partial charge in [0.1, 0.15) is 5.82 Å². The van der Waals surface area contributed by atoms with Gasteiger partial charge in [-0.3, -0.25) is 9.59 Å². The molecule has 1 saturated heterocycles. The molecule has 2 fully saturated rings. The molecule has 2 aromatic heterocycles. The molecule has 3 heterocycles. The maximum Gasteiger partial charge on any atom is 0.227 e. The fraction of sp³-hybridized carbons (Fsp3) is 0.520. The number of aromatic nitrogens is 2. The Morgan fingerprint density at radius 1 is 1.18 bits per heavy atom. The molecule has 2 amide bonds. The van der Waals surface area contributed by atoms with Gasteiger partial charge in [0, 0.05) is 42.3 Å². The number of fused-ring (bicyclic) bond motifs is 2. The zero-order valence-corrected chi connectivity index (χ0v) is 20.1. The number of nitrogens with zero attached hydrogens (tertiary/aromatic N) is 3. The molecule has 3 N–H and O–H groups in total. The van der Waals surface area contributed by atoms with E-state index < -0.39 is 0 Å². The third kappa shape index (κ3) is 4.59. The number of rotatable bonds is 7. The lowest BCUT2D eigenvalue weighted by molar-refractivity contribution is -0.143. The fourth-order valence-electron chi connectivity index (χ4n) is 5.69. The number of hydrogen-bond acceptors (Lipinski definition) is 7. The summed E-state index contributed by atoms with van der Waals surface area (Å²) in [6.07, 6.45) is 8.63. The summed E-state index contributed by atoms with van der Waals surface area (Å²) in [5, 5.41) is 16.0. The Bertz CT molecular complexity index is 1080. The second-order valence-electron chi connectivity index (χ2n) is 9.46. The molecular weight excluding hydrogens is 450 g/mol. The average Bonchev–Trinajstić information content (AvgIpc) is 3.58. The van der Waals surface area contributed by atoms with Gasteiger partial charge in [0.15, 0.2) is 5.13 Å². The zero-order valence-electron chi connectivity index (χ0n) is 19.3. The summed E-state index contributed by atoms with van der Waals surface area (Å²) in [5.74, 6) is 0.715. The van der Waals surface area contributed by atoms with Crippen molar-refractivity contribution in [2.24, 2.45) is 23.7 Å². The molecule has 2 aliphatic carbocycles. The number of amides is 2. The van der Waals surface area contributed by atoms with Gasteiger partial charge in [-0.15, -0.1) is 11.3 Å². The van der Waals surface area contributed by atoms with Gasteiger partial charge in [0.2, 0.25) is 11.8 Å². The minimum Gasteiger partial charge on any atom is -0.395 e. The molecule has 4 atom stereocenters. The number of pyridine rings is 1. The Labute approximate surface area is 203 Å². The summed E-state index contributed by atoms with van der Waals surface area (Å²) < 4.78 is 0. The summed E-state index contributed by atoms with van der Waals surface area (Å²) in [6.45, 7) is 3.52. The number of aliphatic hydroxyl groups is 1. The predicted octanol–water partition coefficient (Wildman–Crippen LogP) is 2.84. The Morgan fingerprint density at radius 2 is 1.94 bits per heavy atom. The number of anilines is 2. The van der Waals surface area contributed by atoms with Crippen LogP contribution in [0.15, 0.2) is 36.5 Å². The van der Waals surface area contributed by atoms with E-state index in [0.29, 0.717) is 19.0 Å². The first-order valence-corrected chi connectivity index (χ1v) is 12.9. The van der Waals surface area contributed by atoms with Gasteiger partial charge in [0.05, 0.1) is 18.4 Å². The number of carbonyl (C=O) groups excluding carboxylic acids is 2. The Kier molecular flexibility index (Phi) is 6.65. The molecule has 1 saturated carbocycles. The fourth-order valence-corrected chi connectivity index (χ4v) is 6.36. The molecule has 34 heavy (non-hydrogen) atoms. The minimum atomic E-state index is -0.328. The molecule has 0 unspecified atom stereocenters. The van der Waals surface area contributed by atoms with Crippen molar-refractivity contribution in [1.29, 1.82) is 0 Å². The Hall–Kier alpha value is -2.78. The molecule has 1 aliphatic heterocycles. The number of likely N-dealkylation sites (tertiary alicyclic amines) is 1. The first-order valence-electron chi connectivity index (χ1n) is 12.1. The van der Waals surface area contributed by atoms with E-state index in [4.69, 9.17) is 10.1 Å². The summed E-state index contributed by atoms with van der Waals surface area (Å²) in [6, 6.07) is 6.02. The molecule has 0 aromatic carbocycles. The summed E-state index contributed by atoms with van der Waals surface area (Å²) in [7, 11) is 0.